The van der Waals surface area contributed by atoms with Crippen molar-refractivity contribution in [1.29, 1.82) is 0 Å². The Kier molecular flexibility index (Phi) is 7.29. The van der Waals surface area contributed by atoms with Gasteiger partial charge in [-0.05, 0) is 51.0 Å². The molecule has 1 atom stereocenters. The summed E-state index contributed by atoms with van der Waals surface area (Å²) in [5, 5.41) is 0. The van der Waals surface area contributed by atoms with E-state index in [0.717, 1.165) is 10.6 Å². The van der Waals surface area contributed by atoms with Gasteiger partial charge >= 0.3 is 5.97 Å². The van der Waals surface area contributed by atoms with E-state index in [-0.39, 0.29) is 17.8 Å². The van der Waals surface area contributed by atoms with E-state index in [0.29, 0.717) is 44.0 Å². The van der Waals surface area contributed by atoms with Crippen LogP contribution in [0.5, 0.6) is 5.75 Å². The zero-order chi connectivity index (χ0) is 20.9. The van der Waals surface area contributed by atoms with Gasteiger partial charge in [0.15, 0.2) is 0 Å². The number of likely N-dealkylation sites (tertiary alicyclic amines) is 1. The predicted molar refractivity (Wildman–Crippen MR) is 106 cm³/mol. The molecule has 2 rings (SSSR count). The highest BCUT2D eigenvalue weighted by atomic mass is 32.2. The molecule has 8 nitrogen and oxygen atoms in total. The van der Waals surface area contributed by atoms with E-state index in [1.54, 1.807) is 36.1 Å². The smallest absolute Gasteiger partial charge is 0.308 e. The second-order valence-electron chi connectivity index (χ2n) is 6.78. The monoisotopic (exact) mass is 412 g/mol. The molecule has 1 heterocycles. The van der Waals surface area contributed by atoms with E-state index >= 15 is 0 Å². The van der Waals surface area contributed by atoms with Crippen molar-refractivity contribution < 1.29 is 27.5 Å². The number of sulfonamides is 1. The summed E-state index contributed by atoms with van der Waals surface area (Å²) in [4.78, 5) is 26.2. The maximum atomic E-state index is 13.0. The fourth-order valence-corrected chi connectivity index (χ4v) is 4.59. The number of ether oxygens (including phenoxy) is 2. The fourth-order valence-electron chi connectivity index (χ4n) is 3.43. The average Bonchev–Trinajstić information content (AvgIpc) is 2.67. The number of hydrogen-bond acceptors (Lipinski definition) is 6. The Labute approximate surface area is 166 Å². The molecule has 1 aliphatic heterocycles. The molecular formula is C19H28N2O6S. The molecule has 28 heavy (non-hydrogen) atoms. The maximum absolute atomic E-state index is 13.0. The van der Waals surface area contributed by atoms with Crippen LogP contribution < -0.4 is 9.04 Å². The van der Waals surface area contributed by atoms with Gasteiger partial charge in [0.05, 0.1) is 31.6 Å². The molecule has 0 aromatic heterocycles. The number of hydrogen-bond donors (Lipinski definition) is 0. The second kappa shape index (κ2) is 9.27. The van der Waals surface area contributed by atoms with Crippen LogP contribution in [-0.4, -0.2) is 64.3 Å². The van der Waals surface area contributed by atoms with E-state index < -0.39 is 16.1 Å². The number of amides is 1. The van der Waals surface area contributed by atoms with Crippen molar-refractivity contribution in [1.82, 2.24) is 4.90 Å². The highest BCUT2D eigenvalue weighted by Crippen LogP contribution is 2.26. The van der Waals surface area contributed by atoms with Crippen LogP contribution in [0.15, 0.2) is 24.3 Å². The largest absolute Gasteiger partial charge is 0.494 e. The van der Waals surface area contributed by atoms with E-state index in [1.807, 2.05) is 6.92 Å². The molecule has 1 unspecified atom stereocenters. The van der Waals surface area contributed by atoms with Crippen LogP contribution in [0, 0.1) is 5.92 Å². The van der Waals surface area contributed by atoms with Gasteiger partial charge in [-0.3, -0.25) is 13.9 Å². The molecule has 0 aliphatic carbocycles. The molecule has 0 spiro atoms. The van der Waals surface area contributed by atoms with Gasteiger partial charge in [0.1, 0.15) is 11.8 Å². The number of benzene rings is 1. The highest BCUT2D eigenvalue weighted by Gasteiger charge is 2.35. The molecule has 1 aliphatic rings. The van der Waals surface area contributed by atoms with Crippen molar-refractivity contribution >= 4 is 27.6 Å². The van der Waals surface area contributed by atoms with Gasteiger partial charge in [0.25, 0.3) is 0 Å². The topological polar surface area (TPSA) is 93.2 Å². The fraction of sp³-hybridized carbons (Fsp3) is 0.579. The van der Waals surface area contributed by atoms with Crippen LogP contribution in [0.25, 0.3) is 0 Å². The molecule has 1 amide bonds. The van der Waals surface area contributed by atoms with Crippen LogP contribution >= 0.6 is 0 Å². The summed E-state index contributed by atoms with van der Waals surface area (Å²) in [6.07, 6.45) is 2.09. The van der Waals surface area contributed by atoms with Crippen molar-refractivity contribution in [2.24, 2.45) is 5.92 Å². The molecule has 1 aromatic carbocycles. The van der Waals surface area contributed by atoms with Crippen molar-refractivity contribution in [3.05, 3.63) is 24.3 Å². The van der Waals surface area contributed by atoms with Crippen LogP contribution in [-0.2, 0) is 24.3 Å². The summed E-state index contributed by atoms with van der Waals surface area (Å²) in [5.74, 6) is -0.153. The van der Waals surface area contributed by atoms with Gasteiger partial charge < -0.3 is 14.4 Å². The van der Waals surface area contributed by atoms with Gasteiger partial charge in [0, 0.05) is 13.1 Å². The summed E-state index contributed by atoms with van der Waals surface area (Å²) in [6.45, 7) is 4.73. The first-order chi connectivity index (χ1) is 13.2. The quantitative estimate of drug-likeness (QED) is 0.632. The van der Waals surface area contributed by atoms with E-state index in [2.05, 4.69) is 0 Å². The summed E-state index contributed by atoms with van der Waals surface area (Å²) >= 11 is 0. The average molecular weight is 413 g/mol. The third-order valence-corrected chi connectivity index (χ3v) is 6.05. The lowest BCUT2D eigenvalue weighted by atomic mass is 9.96. The lowest BCUT2D eigenvalue weighted by Gasteiger charge is -2.36. The van der Waals surface area contributed by atoms with Crippen molar-refractivity contribution in [3.63, 3.8) is 0 Å². The van der Waals surface area contributed by atoms with E-state index in [9.17, 15) is 18.0 Å². The predicted octanol–water partition coefficient (Wildman–Crippen LogP) is 1.65. The van der Waals surface area contributed by atoms with Gasteiger partial charge in [-0.25, -0.2) is 8.42 Å². The maximum Gasteiger partial charge on any atom is 0.308 e. The second-order valence-corrected chi connectivity index (χ2v) is 8.64. The Morgan fingerprint density at radius 3 is 2.25 bits per heavy atom. The summed E-state index contributed by atoms with van der Waals surface area (Å²) in [6, 6.07) is 5.70. The summed E-state index contributed by atoms with van der Waals surface area (Å²) in [5.41, 5.74) is 0.399. The number of anilines is 1. The molecular weight excluding hydrogens is 384 g/mol. The highest BCUT2D eigenvalue weighted by molar-refractivity contribution is 7.92. The van der Waals surface area contributed by atoms with Crippen molar-refractivity contribution in [2.45, 2.75) is 32.7 Å². The zero-order valence-electron chi connectivity index (χ0n) is 16.8. The summed E-state index contributed by atoms with van der Waals surface area (Å²) in [7, 11) is -2.33. The lowest BCUT2D eigenvalue weighted by Crippen LogP contribution is -2.51. The zero-order valence-corrected chi connectivity index (χ0v) is 17.6. The SMILES string of the molecule is CCOc1ccc(N(C(C)C(=O)N2CCC(C(=O)OC)CC2)S(C)(=O)=O)cc1. The third-order valence-electron chi connectivity index (χ3n) is 4.81. The first-order valence-electron chi connectivity index (χ1n) is 9.28. The molecule has 1 fully saturated rings. The van der Waals surface area contributed by atoms with Crippen LogP contribution in [0.3, 0.4) is 0 Å². The number of rotatable bonds is 7. The normalized spacial score (nSPS) is 16.4. The van der Waals surface area contributed by atoms with Gasteiger partial charge in [-0.1, -0.05) is 0 Å². The Balaban J connectivity index is 2.16. The van der Waals surface area contributed by atoms with E-state index in [1.165, 1.54) is 7.11 Å². The van der Waals surface area contributed by atoms with Gasteiger partial charge in [-0.2, -0.15) is 0 Å². The number of piperidine rings is 1. The van der Waals surface area contributed by atoms with Crippen LogP contribution in [0.2, 0.25) is 0 Å². The first kappa shape index (κ1) is 22.0. The lowest BCUT2D eigenvalue weighted by molar-refractivity contribution is -0.149. The minimum Gasteiger partial charge on any atom is -0.494 e. The number of methoxy groups -OCH3 is 1. The first-order valence-corrected chi connectivity index (χ1v) is 11.1. The Bertz CT molecular complexity index is 785. The number of esters is 1. The molecule has 0 radical (unpaired) electrons. The minimum absolute atomic E-state index is 0.221. The van der Waals surface area contributed by atoms with E-state index in [4.69, 9.17) is 9.47 Å². The molecule has 156 valence electrons. The number of carbonyl (C=O) groups excluding carboxylic acids is 2. The standard InChI is InChI=1S/C19H28N2O6S/c1-5-27-17-8-6-16(7-9-17)21(28(4,24)25)14(2)18(22)20-12-10-15(11-13-20)19(23)26-3/h6-9,14-15H,5,10-13H2,1-4H3. The third kappa shape index (κ3) is 5.15. The molecule has 0 N–H and O–H groups in total. The van der Waals surface area contributed by atoms with Gasteiger partial charge in [0.2, 0.25) is 15.9 Å². The molecule has 1 aromatic rings. The van der Waals surface area contributed by atoms with Crippen molar-refractivity contribution in [2.75, 3.05) is 37.4 Å². The van der Waals surface area contributed by atoms with Crippen LogP contribution in [0.1, 0.15) is 26.7 Å². The molecule has 1 saturated heterocycles. The Morgan fingerprint density at radius 1 is 1.21 bits per heavy atom. The number of carbonyl (C=O) groups is 2. The minimum atomic E-state index is -3.68. The van der Waals surface area contributed by atoms with Gasteiger partial charge in [-0.15, -0.1) is 0 Å². The Morgan fingerprint density at radius 2 is 1.79 bits per heavy atom. The number of nitrogens with zero attached hydrogens (tertiary/aromatic N) is 2. The Hall–Kier alpha value is -2.29. The molecule has 0 bridgehead atoms. The summed E-state index contributed by atoms with van der Waals surface area (Å²) < 4.78 is 36.1. The van der Waals surface area contributed by atoms with Crippen molar-refractivity contribution in [3.8, 4) is 5.75 Å². The molecule has 0 saturated carbocycles. The van der Waals surface area contributed by atoms with Crippen LogP contribution in [0.4, 0.5) is 5.69 Å². The molecule has 9 heteroatoms.